The Morgan fingerprint density at radius 1 is 1.35 bits per heavy atom. The van der Waals surface area contributed by atoms with E-state index in [1.54, 1.807) is 0 Å². The number of nitrogens with zero attached hydrogens (tertiary/aromatic N) is 2. The fourth-order valence-corrected chi connectivity index (χ4v) is 1.70. The predicted octanol–water partition coefficient (Wildman–Crippen LogP) is 1.73. The van der Waals surface area contributed by atoms with Gasteiger partial charge in [0.2, 0.25) is 5.91 Å². The molecule has 4 heteroatoms. The molecule has 1 aromatic carbocycles. The van der Waals surface area contributed by atoms with Crippen molar-refractivity contribution in [2.24, 2.45) is 5.73 Å². The minimum absolute atomic E-state index is 0.304. The van der Waals surface area contributed by atoms with Crippen molar-refractivity contribution >= 4 is 5.91 Å². The molecule has 1 aromatic heterocycles. The summed E-state index contributed by atoms with van der Waals surface area (Å²) in [5.74, 6) is -0.304. The monoisotopic (exact) mass is 229 g/mol. The first kappa shape index (κ1) is 11.4. The zero-order valence-electron chi connectivity index (χ0n) is 9.76. The third-order valence-corrected chi connectivity index (χ3v) is 2.62. The Balaban J connectivity index is 2.22. The molecular weight excluding hydrogens is 214 g/mol. The van der Waals surface area contributed by atoms with Gasteiger partial charge >= 0.3 is 0 Å². The first-order valence-electron chi connectivity index (χ1n) is 5.55. The molecule has 1 heterocycles. The van der Waals surface area contributed by atoms with Crippen molar-refractivity contribution in [1.29, 1.82) is 0 Å². The number of primary amides is 1. The van der Waals surface area contributed by atoms with Crippen LogP contribution in [0, 0.1) is 6.92 Å². The molecule has 2 N–H and O–H groups in total. The summed E-state index contributed by atoms with van der Waals surface area (Å²) in [7, 11) is 0. The highest BCUT2D eigenvalue weighted by atomic mass is 16.1. The fourth-order valence-electron chi connectivity index (χ4n) is 1.70. The Hall–Kier alpha value is -2.10. The van der Waals surface area contributed by atoms with E-state index in [4.69, 9.17) is 5.73 Å². The summed E-state index contributed by atoms with van der Waals surface area (Å²) in [6.07, 6.45) is 0.316. The van der Waals surface area contributed by atoms with Crippen LogP contribution in [-0.2, 0) is 11.3 Å². The van der Waals surface area contributed by atoms with Crippen molar-refractivity contribution < 1.29 is 4.79 Å². The van der Waals surface area contributed by atoms with Gasteiger partial charge in [0.15, 0.2) is 0 Å². The van der Waals surface area contributed by atoms with E-state index in [0.29, 0.717) is 13.0 Å². The van der Waals surface area contributed by atoms with Crippen LogP contribution in [0.2, 0.25) is 0 Å². The maximum atomic E-state index is 10.7. The van der Waals surface area contributed by atoms with Crippen LogP contribution in [0.25, 0.3) is 11.3 Å². The summed E-state index contributed by atoms with van der Waals surface area (Å²) in [6, 6.07) is 12.0. The minimum atomic E-state index is -0.304. The van der Waals surface area contributed by atoms with E-state index in [0.717, 1.165) is 17.0 Å². The van der Waals surface area contributed by atoms with E-state index in [9.17, 15) is 4.79 Å². The first-order valence-corrected chi connectivity index (χ1v) is 5.55. The normalized spacial score (nSPS) is 10.4. The van der Waals surface area contributed by atoms with Crippen molar-refractivity contribution in [2.45, 2.75) is 19.9 Å². The summed E-state index contributed by atoms with van der Waals surface area (Å²) in [6.45, 7) is 2.51. The minimum Gasteiger partial charge on any atom is -0.370 e. The van der Waals surface area contributed by atoms with E-state index in [-0.39, 0.29) is 5.91 Å². The highest BCUT2D eigenvalue weighted by molar-refractivity contribution is 5.73. The van der Waals surface area contributed by atoms with Gasteiger partial charge in [-0.05, 0) is 13.0 Å². The lowest BCUT2D eigenvalue weighted by molar-refractivity contribution is -0.118. The zero-order valence-corrected chi connectivity index (χ0v) is 9.76. The van der Waals surface area contributed by atoms with Crippen LogP contribution in [0.1, 0.15) is 12.1 Å². The molecule has 17 heavy (non-hydrogen) atoms. The highest BCUT2D eigenvalue weighted by Gasteiger charge is 2.06. The number of amides is 1. The van der Waals surface area contributed by atoms with Crippen molar-refractivity contribution in [3.05, 3.63) is 42.1 Å². The van der Waals surface area contributed by atoms with E-state index in [2.05, 4.69) is 5.10 Å². The van der Waals surface area contributed by atoms with Crippen LogP contribution in [0.5, 0.6) is 0 Å². The van der Waals surface area contributed by atoms with Gasteiger partial charge in [0, 0.05) is 24.2 Å². The molecule has 0 aliphatic carbocycles. The predicted molar refractivity (Wildman–Crippen MR) is 66.2 cm³/mol. The van der Waals surface area contributed by atoms with E-state index in [1.807, 2.05) is 48.0 Å². The van der Waals surface area contributed by atoms with Gasteiger partial charge in [0.25, 0.3) is 0 Å². The summed E-state index contributed by atoms with van der Waals surface area (Å²) in [5.41, 5.74) is 8.16. The molecule has 2 rings (SSSR count). The Bertz CT molecular complexity index is 517. The van der Waals surface area contributed by atoms with Crippen LogP contribution in [0.4, 0.5) is 0 Å². The summed E-state index contributed by atoms with van der Waals surface area (Å²) in [4.78, 5) is 10.7. The number of hydrogen-bond donors (Lipinski definition) is 1. The molecule has 1 amide bonds. The number of nitrogens with two attached hydrogens (primary N) is 1. The van der Waals surface area contributed by atoms with Crippen molar-refractivity contribution in [3.63, 3.8) is 0 Å². The molecule has 0 saturated carbocycles. The molecule has 0 spiro atoms. The Morgan fingerprint density at radius 3 is 2.71 bits per heavy atom. The maximum Gasteiger partial charge on any atom is 0.219 e. The summed E-state index contributed by atoms with van der Waals surface area (Å²) >= 11 is 0. The Kier molecular flexibility index (Phi) is 3.23. The second kappa shape index (κ2) is 4.82. The van der Waals surface area contributed by atoms with Crippen LogP contribution in [0.15, 0.2) is 36.4 Å². The fraction of sp³-hybridized carbons (Fsp3) is 0.231. The van der Waals surface area contributed by atoms with E-state index in [1.165, 1.54) is 0 Å². The second-order valence-corrected chi connectivity index (χ2v) is 3.98. The van der Waals surface area contributed by atoms with Gasteiger partial charge in [-0.2, -0.15) is 5.10 Å². The smallest absolute Gasteiger partial charge is 0.219 e. The topological polar surface area (TPSA) is 60.9 Å². The third kappa shape index (κ3) is 2.72. The van der Waals surface area contributed by atoms with Gasteiger partial charge in [-0.15, -0.1) is 0 Å². The molecular formula is C13H15N3O. The van der Waals surface area contributed by atoms with Crippen molar-refractivity contribution in [2.75, 3.05) is 0 Å². The molecule has 0 aliphatic heterocycles. The highest BCUT2D eigenvalue weighted by Crippen LogP contribution is 2.18. The lowest BCUT2D eigenvalue weighted by atomic mass is 10.1. The van der Waals surface area contributed by atoms with Crippen LogP contribution in [-0.4, -0.2) is 15.7 Å². The molecule has 0 atom stereocenters. The van der Waals surface area contributed by atoms with Gasteiger partial charge in [-0.1, -0.05) is 30.3 Å². The van der Waals surface area contributed by atoms with Gasteiger partial charge in [-0.25, -0.2) is 0 Å². The summed E-state index contributed by atoms with van der Waals surface area (Å²) in [5, 5.41) is 4.46. The van der Waals surface area contributed by atoms with E-state index >= 15 is 0 Å². The number of carbonyl (C=O) groups is 1. The second-order valence-electron chi connectivity index (χ2n) is 3.98. The van der Waals surface area contributed by atoms with Crippen LogP contribution >= 0.6 is 0 Å². The number of hydrogen-bond acceptors (Lipinski definition) is 2. The number of aryl methyl sites for hydroxylation is 2. The summed E-state index contributed by atoms with van der Waals surface area (Å²) < 4.78 is 1.81. The number of benzene rings is 1. The number of carbonyl (C=O) groups excluding carboxylic acids is 1. The molecule has 4 nitrogen and oxygen atoms in total. The largest absolute Gasteiger partial charge is 0.370 e. The SMILES string of the molecule is Cc1cc(-c2ccccc2)nn1CCC(N)=O. The molecule has 88 valence electrons. The first-order chi connectivity index (χ1) is 8.16. The average Bonchev–Trinajstić information content (AvgIpc) is 2.69. The number of aromatic nitrogens is 2. The molecule has 0 aliphatic rings. The molecule has 0 saturated heterocycles. The van der Waals surface area contributed by atoms with Crippen LogP contribution in [0.3, 0.4) is 0 Å². The quantitative estimate of drug-likeness (QED) is 0.868. The Labute approximate surface area is 100 Å². The van der Waals surface area contributed by atoms with Crippen molar-refractivity contribution in [3.8, 4) is 11.3 Å². The van der Waals surface area contributed by atoms with Gasteiger partial charge in [0.05, 0.1) is 5.69 Å². The lowest BCUT2D eigenvalue weighted by Gasteiger charge is -2.01. The molecule has 0 fully saturated rings. The molecule has 2 aromatic rings. The average molecular weight is 229 g/mol. The zero-order chi connectivity index (χ0) is 12.3. The van der Waals surface area contributed by atoms with Crippen LogP contribution < -0.4 is 5.73 Å². The standard InChI is InChI=1S/C13H15N3O/c1-10-9-12(11-5-3-2-4-6-11)15-16(10)8-7-13(14)17/h2-6,9H,7-8H2,1H3,(H2,14,17). The van der Waals surface area contributed by atoms with Gasteiger partial charge in [-0.3, -0.25) is 9.48 Å². The van der Waals surface area contributed by atoms with Crippen molar-refractivity contribution in [1.82, 2.24) is 9.78 Å². The van der Waals surface area contributed by atoms with E-state index < -0.39 is 0 Å². The molecule has 0 bridgehead atoms. The number of rotatable bonds is 4. The van der Waals surface area contributed by atoms with Gasteiger partial charge in [0.1, 0.15) is 0 Å². The Morgan fingerprint density at radius 2 is 2.06 bits per heavy atom. The third-order valence-electron chi connectivity index (χ3n) is 2.62. The molecule has 0 unspecified atom stereocenters. The lowest BCUT2D eigenvalue weighted by Crippen LogP contribution is -2.15. The van der Waals surface area contributed by atoms with Gasteiger partial charge < -0.3 is 5.73 Å². The maximum absolute atomic E-state index is 10.7. The molecule has 0 radical (unpaired) electrons.